The molecule has 1 aliphatic heterocycles. The van der Waals surface area contributed by atoms with Crippen molar-refractivity contribution in [3.8, 4) is 0 Å². The van der Waals surface area contributed by atoms with Gasteiger partial charge < -0.3 is 9.64 Å². The molecule has 0 radical (unpaired) electrons. The van der Waals surface area contributed by atoms with Gasteiger partial charge in [-0.2, -0.15) is 0 Å². The summed E-state index contributed by atoms with van der Waals surface area (Å²) in [6, 6.07) is 18.3. The van der Waals surface area contributed by atoms with Crippen molar-refractivity contribution in [1.82, 2.24) is 0 Å². The second-order valence-corrected chi connectivity index (χ2v) is 6.36. The van der Waals surface area contributed by atoms with E-state index in [2.05, 4.69) is 49.2 Å². The van der Waals surface area contributed by atoms with Crippen LogP contribution in [0.4, 0.5) is 5.69 Å². The summed E-state index contributed by atoms with van der Waals surface area (Å²) in [5.41, 5.74) is 6.04. The Bertz CT molecular complexity index is 849. The third kappa shape index (κ3) is 3.10. The number of nitrogens with zero attached hydrogens (tertiary/aromatic N) is 1. The molecule has 3 heteroatoms. The van der Waals surface area contributed by atoms with Gasteiger partial charge >= 0.3 is 5.97 Å². The summed E-state index contributed by atoms with van der Waals surface area (Å²) in [5.74, 6) is -0.369. The minimum absolute atomic E-state index is 0.0890. The minimum atomic E-state index is -0.280. The molecule has 0 aromatic heterocycles. The molecule has 1 aliphatic rings. The van der Waals surface area contributed by atoms with Crippen molar-refractivity contribution in [3.63, 3.8) is 0 Å². The number of carbonyl (C=O) groups excluding carboxylic acids is 1. The lowest BCUT2D eigenvalue weighted by Gasteiger charge is -2.34. The fraction of sp³-hybridized carbons (Fsp3) is 0.227. The zero-order valence-electron chi connectivity index (χ0n) is 15.1. The fourth-order valence-corrected chi connectivity index (χ4v) is 3.48. The van der Waals surface area contributed by atoms with Crippen LogP contribution in [0, 0.1) is 6.92 Å². The van der Waals surface area contributed by atoms with Crippen LogP contribution in [0.3, 0.4) is 0 Å². The van der Waals surface area contributed by atoms with E-state index < -0.39 is 0 Å². The molecule has 0 saturated heterocycles. The second-order valence-electron chi connectivity index (χ2n) is 6.36. The van der Waals surface area contributed by atoms with Crippen molar-refractivity contribution >= 4 is 11.7 Å². The Labute approximate surface area is 149 Å². The molecule has 0 spiro atoms. The average molecular weight is 333 g/mol. The number of benzene rings is 2. The van der Waals surface area contributed by atoms with Crippen molar-refractivity contribution in [2.24, 2.45) is 0 Å². The highest BCUT2D eigenvalue weighted by atomic mass is 16.5. The van der Waals surface area contributed by atoms with Crippen LogP contribution >= 0.6 is 0 Å². The Morgan fingerprint density at radius 1 is 0.960 bits per heavy atom. The van der Waals surface area contributed by atoms with Gasteiger partial charge in [0.2, 0.25) is 0 Å². The van der Waals surface area contributed by atoms with Crippen LogP contribution in [0.25, 0.3) is 0 Å². The summed E-state index contributed by atoms with van der Waals surface area (Å²) in [7, 11) is 1.44. The van der Waals surface area contributed by atoms with Crippen molar-refractivity contribution < 1.29 is 9.53 Å². The number of carbonyl (C=O) groups is 1. The molecule has 0 aliphatic carbocycles. The number of hydrogen-bond donors (Lipinski definition) is 0. The number of ether oxygens (including phenoxy) is 1. The van der Waals surface area contributed by atoms with E-state index in [9.17, 15) is 4.79 Å². The molecule has 2 aromatic carbocycles. The first kappa shape index (κ1) is 17.0. The van der Waals surface area contributed by atoms with Gasteiger partial charge in [-0.05, 0) is 43.5 Å². The highest BCUT2D eigenvalue weighted by Crippen LogP contribution is 2.41. The van der Waals surface area contributed by atoms with E-state index >= 15 is 0 Å². The van der Waals surface area contributed by atoms with Gasteiger partial charge in [-0.15, -0.1) is 0 Å². The molecule has 1 unspecified atom stereocenters. The van der Waals surface area contributed by atoms with E-state index in [1.54, 1.807) is 0 Å². The van der Waals surface area contributed by atoms with E-state index in [-0.39, 0.29) is 11.9 Å². The highest BCUT2D eigenvalue weighted by molar-refractivity contribution is 5.93. The number of rotatable bonds is 3. The maximum absolute atomic E-state index is 12.6. The monoisotopic (exact) mass is 333 g/mol. The summed E-state index contributed by atoms with van der Waals surface area (Å²) in [6.07, 6.45) is 2.13. The first-order valence-corrected chi connectivity index (χ1v) is 8.41. The van der Waals surface area contributed by atoms with Gasteiger partial charge in [-0.1, -0.05) is 48.5 Å². The van der Waals surface area contributed by atoms with Gasteiger partial charge in [-0.3, -0.25) is 0 Å². The third-order valence-corrected chi connectivity index (χ3v) is 4.74. The Hall–Kier alpha value is -2.81. The molecule has 25 heavy (non-hydrogen) atoms. The molecule has 1 heterocycles. The molecule has 0 fully saturated rings. The zero-order chi connectivity index (χ0) is 18.0. The lowest BCUT2D eigenvalue weighted by atomic mass is 9.82. The van der Waals surface area contributed by atoms with Crippen molar-refractivity contribution in [3.05, 3.63) is 88.8 Å². The van der Waals surface area contributed by atoms with Crippen LogP contribution in [-0.2, 0) is 9.53 Å². The van der Waals surface area contributed by atoms with Crippen molar-refractivity contribution in [2.45, 2.75) is 26.7 Å². The van der Waals surface area contributed by atoms with Crippen LogP contribution in [0.5, 0.6) is 0 Å². The van der Waals surface area contributed by atoms with Gasteiger partial charge in [0.15, 0.2) is 0 Å². The molecule has 3 rings (SSSR count). The van der Waals surface area contributed by atoms with Crippen molar-refractivity contribution in [1.29, 1.82) is 0 Å². The minimum Gasteiger partial charge on any atom is -0.466 e. The molecule has 0 N–H and O–H groups in total. The van der Waals surface area contributed by atoms with Crippen LogP contribution < -0.4 is 4.90 Å². The van der Waals surface area contributed by atoms with E-state index in [4.69, 9.17) is 4.74 Å². The van der Waals surface area contributed by atoms with E-state index in [0.29, 0.717) is 5.57 Å². The predicted molar refractivity (Wildman–Crippen MR) is 101 cm³/mol. The molecule has 0 saturated carbocycles. The maximum atomic E-state index is 12.6. The first-order chi connectivity index (χ1) is 12.0. The van der Waals surface area contributed by atoms with Gasteiger partial charge in [0.25, 0.3) is 0 Å². The summed E-state index contributed by atoms with van der Waals surface area (Å²) in [4.78, 5) is 14.7. The van der Waals surface area contributed by atoms with E-state index in [1.165, 1.54) is 7.11 Å². The van der Waals surface area contributed by atoms with Gasteiger partial charge in [0, 0.05) is 23.5 Å². The van der Waals surface area contributed by atoms with Gasteiger partial charge in [0.05, 0.1) is 12.7 Å². The SMILES string of the molecule is COC(=O)C1=C(C)N(c2ccccc2C)C=C(C)C1c1ccccc1. The molecular weight excluding hydrogens is 310 g/mol. The summed E-state index contributed by atoms with van der Waals surface area (Å²) < 4.78 is 5.12. The normalized spacial score (nSPS) is 17.4. The molecule has 0 bridgehead atoms. The average Bonchev–Trinajstić information content (AvgIpc) is 2.63. The van der Waals surface area contributed by atoms with E-state index in [1.807, 2.05) is 37.3 Å². The summed E-state index contributed by atoms with van der Waals surface area (Å²) in [5, 5.41) is 0. The van der Waals surface area contributed by atoms with Crippen LogP contribution in [0.2, 0.25) is 0 Å². The molecule has 128 valence electrons. The van der Waals surface area contributed by atoms with Crippen molar-refractivity contribution in [2.75, 3.05) is 12.0 Å². The molecule has 0 amide bonds. The number of anilines is 1. The van der Waals surface area contributed by atoms with Gasteiger partial charge in [0.1, 0.15) is 0 Å². The first-order valence-electron chi connectivity index (χ1n) is 8.41. The molecule has 2 aromatic rings. The molecular formula is C22H23NO2. The smallest absolute Gasteiger partial charge is 0.336 e. The van der Waals surface area contributed by atoms with Crippen LogP contribution in [-0.4, -0.2) is 13.1 Å². The molecule has 3 nitrogen and oxygen atoms in total. The number of methoxy groups -OCH3 is 1. The second kappa shape index (κ2) is 6.98. The lowest BCUT2D eigenvalue weighted by molar-refractivity contribution is -0.136. The topological polar surface area (TPSA) is 29.5 Å². The largest absolute Gasteiger partial charge is 0.466 e. The highest BCUT2D eigenvalue weighted by Gasteiger charge is 2.33. The maximum Gasteiger partial charge on any atom is 0.336 e. The third-order valence-electron chi connectivity index (χ3n) is 4.74. The Kier molecular flexibility index (Phi) is 4.75. The predicted octanol–water partition coefficient (Wildman–Crippen LogP) is 4.95. The number of hydrogen-bond acceptors (Lipinski definition) is 3. The zero-order valence-corrected chi connectivity index (χ0v) is 15.1. The van der Waals surface area contributed by atoms with Crippen LogP contribution in [0.15, 0.2) is 77.6 Å². The van der Waals surface area contributed by atoms with E-state index in [0.717, 1.165) is 28.1 Å². The number of esters is 1. The number of para-hydroxylation sites is 1. The lowest BCUT2D eigenvalue weighted by Crippen LogP contribution is -2.28. The Morgan fingerprint density at radius 2 is 1.60 bits per heavy atom. The van der Waals surface area contributed by atoms with Crippen LogP contribution in [0.1, 0.15) is 30.9 Å². The molecule has 1 atom stereocenters. The summed E-state index contributed by atoms with van der Waals surface area (Å²) >= 11 is 0. The number of allylic oxidation sites excluding steroid dienone is 2. The van der Waals surface area contributed by atoms with Gasteiger partial charge in [-0.25, -0.2) is 4.79 Å². The summed E-state index contributed by atoms with van der Waals surface area (Å²) in [6.45, 7) is 6.13. The standard InChI is InChI=1S/C22H23NO2/c1-15-10-8-9-13-19(15)23-14-16(2)20(18-11-6-5-7-12-18)21(17(23)3)22(24)25-4/h5-14,20H,1-4H3. The Balaban J connectivity index is 2.17. The number of aryl methyl sites for hydroxylation is 1. The fourth-order valence-electron chi connectivity index (χ4n) is 3.48. The quantitative estimate of drug-likeness (QED) is 0.744. The Morgan fingerprint density at radius 3 is 2.24 bits per heavy atom.